The zero-order chi connectivity index (χ0) is 22.2. The van der Waals surface area contributed by atoms with Crippen molar-refractivity contribution >= 4 is 5.91 Å². The summed E-state index contributed by atoms with van der Waals surface area (Å²) in [5, 5.41) is 0. The maximum atomic E-state index is 12.6. The molecule has 0 N–H and O–H groups in total. The minimum Gasteiger partial charge on any atom is -0.493 e. The van der Waals surface area contributed by atoms with Crippen molar-refractivity contribution in [2.75, 3.05) is 61.1 Å². The predicted octanol–water partition coefficient (Wildman–Crippen LogP) is 2.49. The van der Waals surface area contributed by atoms with Crippen LogP contribution in [0.4, 0.5) is 0 Å². The first-order valence-electron chi connectivity index (χ1n) is 10.6. The van der Waals surface area contributed by atoms with Crippen LogP contribution in [0.2, 0.25) is 0 Å². The van der Waals surface area contributed by atoms with Gasteiger partial charge in [0.05, 0.1) is 27.9 Å². The smallest absolute Gasteiger partial charge is 0.236 e. The highest BCUT2D eigenvalue weighted by Crippen LogP contribution is 2.40. The Morgan fingerprint density at radius 1 is 0.871 bits per heavy atom. The molecule has 1 aliphatic rings. The number of benzene rings is 2. The highest BCUT2D eigenvalue weighted by molar-refractivity contribution is 5.78. The minimum absolute atomic E-state index is 0.152. The maximum absolute atomic E-state index is 12.6. The highest BCUT2D eigenvalue weighted by Gasteiger charge is 2.23. The molecule has 0 bridgehead atoms. The van der Waals surface area contributed by atoms with Crippen LogP contribution in [0.3, 0.4) is 0 Å². The van der Waals surface area contributed by atoms with Gasteiger partial charge < -0.3 is 19.1 Å². The Bertz CT molecular complexity index is 851. The van der Waals surface area contributed by atoms with Crippen molar-refractivity contribution in [3.8, 4) is 17.2 Å². The lowest BCUT2D eigenvalue weighted by molar-refractivity contribution is -0.132. The number of hydrogen-bond acceptors (Lipinski definition) is 6. The summed E-state index contributed by atoms with van der Waals surface area (Å²) in [4.78, 5) is 19.0. The zero-order valence-electron chi connectivity index (χ0n) is 19.0. The van der Waals surface area contributed by atoms with Crippen LogP contribution in [0.1, 0.15) is 11.1 Å². The Balaban J connectivity index is 1.51. The fraction of sp³-hybridized carbons (Fsp3) is 0.458. The quantitative estimate of drug-likeness (QED) is 0.613. The van der Waals surface area contributed by atoms with Crippen molar-refractivity contribution in [3.63, 3.8) is 0 Å². The summed E-state index contributed by atoms with van der Waals surface area (Å²) >= 11 is 0. The fourth-order valence-corrected chi connectivity index (χ4v) is 3.89. The van der Waals surface area contributed by atoms with E-state index in [1.807, 2.05) is 49.5 Å². The Morgan fingerprint density at radius 2 is 1.52 bits per heavy atom. The van der Waals surface area contributed by atoms with E-state index in [-0.39, 0.29) is 5.91 Å². The van der Waals surface area contributed by atoms with E-state index in [9.17, 15) is 4.79 Å². The number of carbonyl (C=O) groups excluding carboxylic acids is 1. The van der Waals surface area contributed by atoms with E-state index in [4.69, 9.17) is 14.2 Å². The third-order valence-corrected chi connectivity index (χ3v) is 5.69. The van der Waals surface area contributed by atoms with E-state index in [2.05, 4.69) is 9.80 Å². The molecule has 3 rings (SSSR count). The molecule has 168 valence electrons. The summed E-state index contributed by atoms with van der Waals surface area (Å²) in [5.74, 6) is 2.14. The number of piperazine rings is 1. The molecule has 0 saturated carbocycles. The van der Waals surface area contributed by atoms with Crippen molar-refractivity contribution in [2.45, 2.75) is 13.1 Å². The molecule has 2 aromatic carbocycles. The van der Waals surface area contributed by atoms with Crippen LogP contribution < -0.4 is 14.2 Å². The number of methoxy groups -OCH3 is 3. The van der Waals surface area contributed by atoms with Gasteiger partial charge in [-0.25, -0.2) is 0 Å². The number of rotatable bonds is 9. The lowest BCUT2D eigenvalue weighted by atomic mass is 10.1. The number of carbonyl (C=O) groups is 1. The van der Waals surface area contributed by atoms with Crippen LogP contribution in [0.25, 0.3) is 0 Å². The van der Waals surface area contributed by atoms with Crippen LogP contribution >= 0.6 is 0 Å². The lowest BCUT2D eigenvalue weighted by Gasteiger charge is -2.35. The summed E-state index contributed by atoms with van der Waals surface area (Å²) in [6, 6.07) is 14.0. The summed E-state index contributed by atoms with van der Waals surface area (Å²) in [6.07, 6.45) is 0. The molecule has 1 heterocycles. The largest absolute Gasteiger partial charge is 0.493 e. The average Bonchev–Trinajstić information content (AvgIpc) is 2.80. The van der Waals surface area contributed by atoms with E-state index in [1.54, 1.807) is 26.2 Å². The molecule has 0 unspecified atom stereocenters. The van der Waals surface area contributed by atoms with Gasteiger partial charge in [0.1, 0.15) is 0 Å². The third kappa shape index (κ3) is 5.89. The summed E-state index contributed by atoms with van der Waals surface area (Å²) in [6.45, 7) is 5.37. The minimum atomic E-state index is 0.152. The molecule has 1 amide bonds. The van der Waals surface area contributed by atoms with E-state index >= 15 is 0 Å². The maximum Gasteiger partial charge on any atom is 0.236 e. The van der Waals surface area contributed by atoms with Gasteiger partial charge in [-0.05, 0) is 11.6 Å². The van der Waals surface area contributed by atoms with Crippen LogP contribution in [0.5, 0.6) is 17.2 Å². The third-order valence-electron chi connectivity index (χ3n) is 5.69. The number of hydrogen-bond donors (Lipinski definition) is 0. The van der Waals surface area contributed by atoms with Gasteiger partial charge in [-0.3, -0.25) is 14.6 Å². The molecule has 0 aromatic heterocycles. The van der Waals surface area contributed by atoms with Gasteiger partial charge in [0.25, 0.3) is 0 Å². The van der Waals surface area contributed by atoms with E-state index in [0.717, 1.165) is 43.9 Å². The average molecular weight is 428 g/mol. The molecule has 1 saturated heterocycles. The molecule has 31 heavy (non-hydrogen) atoms. The topological polar surface area (TPSA) is 54.5 Å². The molecule has 7 heteroatoms. The number of amides is 1. The Morgan fingerprint density at radius 3 is 2.13 bits per heavy atom. The molecule has 0 atom stereocenters. The van der Waals surface area contributed by atoms with Crippen LogP contribution in [-0.4, -0.2) is 81.7 Å². The SMILES string of the molecule is COc1ccc(CN2CCN(CC(=O)N(C)Cc3ccccc3)CC2)c(OC)c1OC. The number of likely N-dealkylation sites (N-methyl/N-ethyl adjacent to an activating group) is 1. The zero-order valence-corrected chi connectivity index (χ0v) is 19.0. The number of nitrogens with zero attached hydrogens (tertiary/aromatic N) is 3. The van der Waals surface area contributed by atoms with Crippen molar-refractivity contribution < 1.29 is 19.0 Å². The molecule has 1 aliphatic heterocycles. The lowest BCUT2D eigenvalue weighted by Crippen LogP contribution is -2.49. The first-order chi connectivity index (χ1) is 15.0. The van der Waals surface area contributed by atoms with Crippen LogP contribution in [0, 0.1) is 0 Å². The van der Waals surface area contributed by atoms with Gasteiger partial charge in [0.2, 0.25) is 11.7 Å². The molecular formula is C24H33N3O4. The molecule has 1 fully saturated rings. The normalized spacial score (nSPS) is 14.8. The van der Waals surface area contributed by atoms with E-state index in [0.29, 0.717) is 30.3 Å². The second kappa shape index (κ2) is 11.0. The molecule has 7 nitrogen and oxygen atoms in total. The van der Waals surface area contributed by atoms with E-state index < -0.39 is 0 Å². The molecule has 0 radical (unpaired) electrons. The molecule has 2 aromatic rings. The first-order valence-corrected chi connectivity index (χ1v) is 10.6. The second-order valence-electron chi connectivity index (χ2n) is 7.78. The Kier molecular flexibility index (Phi) is 8.14. The molecule has 0 spiro atoms. The van der Waals surface area contributed by atoms with Crippen LogP contribution in [0.15, 0.2) is 42.5 Å². The monoisotopic (exact) mass is 427 g/mol. The Hall–Kier alpha value is -2.77. The van der Waals surface area contributed by atoms with Gasteiger partial charge in [0.15, 0.2) is 11.5 Å². The van der Waals surface area contributed by atoms with Crippen molar-refractivity contribution in [1.29, 1.82) is 0 Å². The fourth-order valence-electron chi connectivity index (χ4n) is 3.89. The first kappa shape index (κ1) is 22.9. The van der Waals surface area contributed by atoms with Gasteiger partial charge in [-0.1, -0.05) is 36.4 Å². The summed E-state index contributed by atoms with van der Waals surface area (Å²) < 4.78 is 16.5. The van der Waals surface area contributed by atoms with Gasteiger partial charge >= 0.3 is 0 Å². The van der Waals surface area contributed by atoms with Gasteiger partial charge in [-0.15, -0.1) is 0 Å². The number of ether oxygens (including phenoxy) is 3. The van der Waals surface area contributed by atoms with Gasteiger partial charge in [-0.2, -0.15) is 0 Å². The Labute approximate surface area is 185 Å². The second-order valence-corrected chi connectivity index (χ2v) is 7.78. The summed E-state index contributed by atoms with van der Waals surface area (Å²) in [7, 11) is 6.76. The van der Waals surface area contributed by atoms with E-state index in [1.165, 1.54) is 0 Å². The molecular weight excluding hydrogens is 394 g/mol. The van der Waals surface area contributed by atoms with Gasteiger partial charge in [0, 0.05) is 51.9 Å². The van der Waals surface area contributed by atoms with Crippen molar-refractivity contribution in [1.82, 2.24) is 14.7 Å². The standard InChI is InChI=1S/C24H33N3O4/c1-25(16-19-8-6-5-7-9-19)22(28)18-27-14-12-26(13-15-27)17-20-10-11-21(29-2)24(31-4)23(20)30-3/h5-11H,12-18H2,1-4H3. The van der Waals surface area contributed by atoms with Crippen LogP contribution in [-0.2, 0) is 17.9 Å². The molecule has 0 aliphatic carbocycles. The predicted molar refractivity (Wildman–Crippen MR) is 121 cm³/mol. The van der Waals surface area contributed by atoms with Crippen molar-refractivity contribution in [2.24, 2.45) is 0 Å². The highest BCUT2D eigenvalue weighted by atomic mass is 16.5. The van der Waals surface area contributed by atoms with Crippen molar-refractivity contribution in [3.05, 3.63) is 53.6 Å². The summed E-state index contributed by atoms with van der Waals surface area (Å²) in [5.41, 5.74) is 2.21.